The Bertz CT molecular complexity index is 947. The highest BCUT2D eigenvalue weighted by atomic mass is 32.1. The first-order chi connectivity index (χ1) is 14.3. The number of carbonyl (C=O) groups is 2. The number of non-ortho nitro benzene ring substituents is 1. The van der Waals surface area contributed by atoms with Crippen molar-refractivity contribution in [2.24, 2.45) is 0 Å². The molecule has 0 radical (unpaired) electrons. The molecule has 2 rings (SSSR count). The van der Waals surface area contributed by atoms with E-state index in [1.165, 1.54) is 31.4 Å². The summed E-state index contributed by atoms with van der Waals surface area (Å²) < 4.78 is 5.31. The van der Waals surface area contributed by atoms with Gasteiger partial charge in [0.15, 0.2) is 5.11 Å². The van der Waals surface area contributed by atoms with Crippen LogP contribution in [0.1, 0.15) is 36.5 Å². The van der Waals surface area contributed by atoms with E-state index in [-0.39, 0.29) is 22.3 Å². The third-order valence-corrected chi connectivity index (χ3v) is 4.26. The lowest BCUT2D eigenvalue weighted by molar-refractivity contribution is -0.384. The lowest BCUT2D eigenvalue weighted by Crippen LogP contribution is -2.34. The van der Waals surface area contributed by atoms with E-state index in [0.717, 1.165) is 12.8 Å². The molecule has 0 saturated carbocycles. The number of hydrogen-bond donors (Lipinski definition) is 3. The van der Waals surface area contributed by atoms with Crippen LogP contribution in [0.3, 0.4) is 0 Å². The molecule has 0 fully saturated rings. The van der Waals surface area contributed by atoms with E-state index in [0.29, 0.717) is 23.5 Å². The zero-order chi connectivity index (χ0) is 22.1. The van der Waals surface area contributed by atoms with Gasteiger partial charge in [-0.15, -0.1) is 0 Å². The molecule has 0 saturated heterocycles. The fourth-order valence-corrected chi connectivity index (χ4v) is 2.70. The number of hydrogen-bond acceptors (Lipinski definition) is 6. The molecule has 0 atom stereocenters. The molecular formula is C20H22N4O5S. The van der Waals surface area contributed by atoms with Crippen molar-refractivity contribution in [3.05, 3.63) is 58.1 Å². The summed E-state index contributed by atoms with van der Waals surface area (Å²) in [5, 5.41) is 18.9. The van der Waals surface area contributed by atoms with Crippen LogP contribution < -0.4 is 20.7 Å². The number of amides is 2. The van der Waals surface area contributed by atoms with Gasteiger partial charge in [0, 0.05) is 35.9 Å². The Morgan fingerprint density at radius 3 is 2.43 bits per heavy atom. The summed E-state index contributed by atoms with van der Waals surface area (Å²) in [6.45, 7) is 2.01. The van der Waals surface area contributed by atoms with Crippen LogP contribution in [0.5, 0.6) is 5.75 Å². The second kappa shape index (κ2) is 10.9. The highest BCUT2D eigenvalue weighted by molar-refractivity contribution is 7.80. The Morgan fingerprint density at radius 1 is 1.13 bits per heavy atom. The number of ether oxygens (including phenoxy) is 1. The second-order valence-electron chi connectivity index (χ2n) is 6.28. The molecule has 2 aromatic carbocycles. The molecule has 2 aromatic rings. The van der Waals surface area contributed by atoms with Crippen LogP contribution in [0.2, 0.25) is 0 Å². The molecule has 0 heterocycles. The van der Waals surface area contributed by atoms with Crippen LogP contribution in [0.4, 0.5) is 17.1 Å². The Morgan fingerprint density at radius 2 is 1.83 bits per heavy atom. The first-order valence-electron chi connectivity index (χ1n) is 9.18. The number of anilines is 2. The van der Waals surface area contributed by atoms with Gasteiger partial charge >= 0.3 is 0 Å². The molecule has 9 nitrogen and oxygen atoms in total. The summed E-state index contributed by atoms with van der Waals surface area (Å²) in [5.41, 5.74) is 1.20. The number of nitro groups is 1. The van der Waals surface area contributed by atoms with E-state index in [2.05, 4.69) is 16.0 Å². The number of carbonyl (C=O) groups excluding carboxylic acids is 2. The van der Waals surface area contributed by atoms with E-state index in [1.54, 1.807) is 18.2 Å². The quantitative estimate of drug-likeness (QED) is 0.330. The van der Waals surface area contributed by atoms with Gasteiger partial charge in [-0.25, -0.2) is 0 Å². The van der Waals surface area contributed by atoms with Gasteiger partial charge in [-0.2, -0.15) is 0 Å². The predicted molar refractivity (Wildman–Crippen MR) is 118 cm³/mol. The third-order valence-electron chi connectivity index (χ3n) is 4.06. The minimum atomic E-state index is -0.544. The Balaban J connectivity index is 1.99. The Kier molecular flexibility index (Phi) is 8.24. The summed E-state index contributed by atoms with van der Waals surface area (Å²) in [5.74, 6) is -0.162. The average Bonchev–Trinajstić information content (AvgIpc) is 2.73. The zero-order valence-electron chi connectivity index (χ0n) is 16.6. The number of rotatable bonds is 8. The van der Waals surface area contributed by atoms with Gasteiger partial charge < -0.3 is 15.4 Å². The molecule has 0 unspecified atom stereocenters. The highest BCUT2D eigenvalue weighted by Gasteiger charge is 2.12. The van der Waals surface area contributed by atoms with Crippen LogP contribution in [0, 0.1) is 10.1 Å². The first-order valence-corrected chi connectivity index (χ1v) is 9.59. The zero-order valence-corrected chi connectivity index (χ0v) is 17.4. The van der Waals surface area contributed by atoms with Crippen molar-refractivity contribution in [2.75, 3.05) is 17.7 Å². The lowest BCUT2D eigenvalue weighted by atomic mass is 10.2. The Hall–Kier alpha value is -3.53. The van der Waals surface area contributed by atoms with Crippen molar-refractivity contribution in [3.8, 4) is 5.75 Å². The van der Waals surface area contributed by atoms with E-state index < -0.39 is 10.8 Å². The van der Waals surface area contributed by atoms with E-state index in [1.807, 2.05) is 6.92 Å². The largest absolute Gasteiger partial charge is 0.494 e. The second-order valence-corrected chi connectivity index (χ2v) is 6.69. The fraction of sp³-hybridized carbons (Fsp3) is 0.250. The monoisotopic (exact) mass is 430 g/mol. The Labute approximate surface area is 179 Å². The van der Waals surface area contributed by atoms with Crippen LogP contribution in [0.25, 0.3) is 0 Å². The molecule has 0 aliphatic rings. The van der Waals surface area contributed by atoms with Crippen LogP contribution >= 0.6 is 12.2 Å². The number of methoxy groups -OCH3 is 1. The molecule has 158 valence electrons. The van der Waals surface area contributed by atoms with Gasteiger partial charge in [-0.3, -0.25) is 25.0 Å². The average molecular weight is 430 g/mol. The van der Waals surface area contributed by atoms with E-state index >= 15 is 0 Å². The molecule has 0 aromatic heterocycles. The summed E-state index contributed by atoms with van der Waals surface area (Å²) in [7, 11) is 1.48. The summed E-state index contributed by atoms with van der Waals surface area (Å²) >= 11 is 5.15. The molecule has 0 aliphatic heterocycles. The van der Waals surface area contributed by atoms with Crippen molar-refractivity contribution >= 4 is 46.2 Å². The van der Waals surface area contributed by atoms with Crippen molar-refractivity contribution in [3.63, 3.8) is 0 Å². The summed E-state index contributed by atoms with van der Waals surface area (Å²) in [6, 6.07) is 10.2. The van der Waals surface area contributed by atoms with Crippen molar-refractivity contribution in [1.82, 2.24) is 5.32 Å². The standard InChI is InChI=1S/C20H22N4O5S/c1-3-4-5-18(25)22-16-11-8-14(12-17(16)29-2)21-20(30)23-19(26)13-6-9-15(10-7-13)24(27)28/h6-12H,3-5H2,1-2H3,(H,22,25)(H2,21,23,26,30). The van der Waals surface area contributed by atoms with E-state index in [9.17, 15) is 19.7 Å². The first kappa shape index (κ1) is 22.8. The maximum atomic E-state index is 12.2. The molecule has 2 amide bonds. The predicted octanol–water partition coefficient (Wildman–Crippen LogP) is 3.86. The van der Waals surface area contributed by atoms with Crippen molar-refractivity contribution < 1.29 is 19.2 Å². The maximum absolute atomic E-state index is 12.2. The number of benzene rings is 2. The number of nitro benzene ring substituents is 1. The molecule has 0 spiro atoms. The maximum Gasteiger partial charge on any atom is 0.269 e. The SMILES string of the molecule is CCCCC(=O)Nc1ccc(NC(=S)NC(=O)c2ccc([N+](=O)[O-])cc2)cc1OC. The van der Waals surface area contributed by atoms with Gasteiger partial charge in [0.25, 0.3) is 11.6 Å². The van der Waals surface area contributed by atoms with Crippen molar-refractivity contribution in [2.45, 2.75) is 26.2 Å². The third kappa shape index (κ3) is 6.52. The minimum Gasteiger partial charge on any atom is -0.494 e. The van der Waals surface area contributed by atoms with Gasteiger partial charge in [0.1, 0.15) is 5.75 Å². The lowest BCUT2D eigenvalue weighted by Gasteiger charge is -2.14. The van der Waals surface area contributed by atoms with Gasteiger partial charge in [0.2, 0.25) is 5.91 Å². The normalized spacial score (nSPS) is 10.1. The highest BCUT2D eigenvalue weighted by Crippen LogP contribution is 2.28. The van der Waals surface area contributed by atoms with Gasteiger partial charge in [0.05, 0.1) is 17.7 Å². The van der Waals surface area contributed by atoms with Gasteiger partial charge in [-0.05, 0) is 42.9 Å². The minimum absolute atomic E-state index is 0.0418. The van der Waals surface area contributed by atoms with Crippen LogP contribution in [-0.2, 0) is 4.79 Å². The molecule has 3 N–H and O–H groups in total. The summed E-state index contributed by atoms with van der Waals surface area (Å²) in [6.07, 6.45) is 2.16. The smallest absolute Gasteiger partial charge is 0.269 e. The summed E-state index contributed by atoms with van der Waals surface area (Å²) in [4.78, 5) is 34.3. The molecule has 0 aliphatic carbocycles. The van der Waals surface area contributed by atoms with Gasteiger partial charge in [-0.1, -0.05) is 13.3 Å². The molecule has 30 heavy (non-hydrogen) atoms. The van der Waals surface area contributed by atoms with Crippen LogP contribution in [-0.4, -0.2) is 29.0 Å². The topological polar surface area (TPSA) is 123 Å². The fourth-order valence-electron chi connectivity index (χ4n) is 2.49. The van der Waals surface area contributed by atoms with Crippen molar-refractivity contribution in [1.29, 1.82) is 0 Å². The van der Waals surface area contributed by atoms with E-state index in [4.69, 9.17) is 17.0 Å². The number of nitrogens with zero attached hydrogens (tertiary/aromatic N) is 1. The number of nitrogens with one attached hydrogen (secondary N) is 3. The van der Waals surface area contributed by atoms with Crippen LogP contribution in [0.15, 0.2) is 42.5 Å². The number of unbranched alkanes of at least 4 members (excludes halogenated alkanes) is 1. The number of thiocarbonyl (C=S) groups is 1. The molecule has 10 heteroatoms. The molecule has 0 bridgehead atoms. The molecular weight excluding hydrogens is 408 g/mol.